The van der Waals surface area contributed by atoms with Gasteiger partial charge in [0.2, 0.25) is 0 Å². The van der Waals surface area contributed by atoms with E-state index in [0.717, 1.165) is 18.8 Å². The van der Waals surface area contributed by atoms with Gasteiger partial charge in [-0.1, -0.05) is 26.7 Å². The molecule has 0 amide bonds. The van der Waals surface area contributed by atoms with E-state index < -0.39 is 0 Å². The highest BCUT2D eigenvalue weighted by molar-refractivity contribution is 5.99. The van der Waals surface area contributed by atoms with Crippen molar-refractivity contribution < 1.29 is 9.53 Å². The van der Waals surface area contributed by atoms with Gasteiger partial charge in [0.25, 0.3) is 0 Å². The van der Waals surface area contributed by atoms with Gasteiger partial charge < -0.3 is 4.74 Å². The molecule has 0 fully saturated rings. The first-order chi connectivity index (χ1) is 10.1. The van der Waals surface area contributed by atoms with Crippen LogP contribution in [0.4, 0.5) is 0 Å². The fourth-order valence-electron chi connectivity index (χ4n) is 2.19. The lowest BCUT2D eigenvalue weighted by Crippen LogP contribution is -2.38. The maximum Gasteiger partial charge on any atom is 0.163 e. The molecular formula is C18H28NO2. The van der Waals surface area contributed by atoms with Crippen LogP contribution in [0.25, 0.3) is 0 Å². The molecule has 1 atom stereocenters. The zero-order chi connectivity index (χ0) is 15.7. The normalized spacial score (nSPS) is 12.4. The number of unbranched alkanes of at least 4 members (excludes halogenated alkanes) is 2. The van der Waals surface area contributed by atoms with Crippen LogP contribution in [0.2, 0.25) is 0 Å². The lowest BCUT2D eigenvalue weighted by atomic mass is 10.1. The molecule has 0 saturated carbocycles. The third kappa shape index (κ3) is 6.30. The molecule has 117 valence electrons. The number of carbonyl (C=O) groups is 1. The number of hydrogen-bond acceptors (Lipinski definition) is 3. The summed E-state index contributed by atoms with van der Waals surface area (Å²) >= 11 is 0. The van der Waals surface area contributed by atoms with Crippen molar-refractivity contribution in [3.8, 4) is 5.75 Å². The molecule has 0 aliphatic rings. The number of nitrogens with zero attached hydrogens (tertiary/aromatic N) is 1. The van der Waals surface area contributed by atoms with Crippen molar-refractivity contribution in [1.29, 1.82) is 0 Å². The summed E-state index contributed by atoms with van der Waals surface area (Å²) in [4.78, 5) is 13.5. The Labute approximate surface area is 129 Å². The van der Waals surface area contributed by atoms with E-state index >= 15 is 0 Å². The number of carbonyl (C=O) groups excluding carboxylic acids is 1. The van der Waals surface area contributed by atoms with E-state index in [1.807, 2.05) is 12.1 Å². The van der Waals surface area contributed by atoms with Gasteiger partial charge in [0.15, 0.2) is 5.78 Å². The van der Waals surface area contributed by atoms with Crippen LogP contribution >= 0.6 is 0 Å². The molecule has 1 aromatic rings. The van der Waals surface area contributed by atoms with E-state index in [-0.39, 0.29) is 12.0 Å². The number of Topliss-reactive ketones (excluding diaryl/α,β-unsaturated/α-hetero) is 1. The summed E-state index contributed by atoms with van der Waals surface area (Å²) < 4.78 is 6.00. The van der Waals surface area contributed by atoms with Crippen molar-refractivity contribution in [2.24, 2.45) is 0 Å². The first kappa shape index (κ1) is 17.7. The average molecular weight is 290 g/mol. The zero-order valence-electron chi connectivity index (χ0n) is 13.6. The van der Waals surface area contributed by atoms with E-state index in [4.69, 9.17) is 4.74 Å². The van der Waals surface area contributed by atoms with Gasteiger partial charge in [0, 0.05) is 25.6 Å². The van der Waals surface area contributed by atoms with Gasteiger partial charge in [-0.3, -0.25) is 9.69 Å². The van der Waals surface area contributed by atoms with Crippen molar-refractivity contribution in [2.45, 2.75) is 52.7 Å². The van der Waals surface area contributed by atoms with E-state index in [2.05, 4.69) is 32.6 Å². The molecule has 0 saturated heterocycles. The summed E-state index contributed by atoms with van der Waals surface area (Å²) in [5.74, 6) is 0.632. The van der Waals surface area contributed by atoms with Gasteiger partial charge in [-0.2, -0.15) is 0 Å². The molecule has 1 aromatic carbocycles. The number of benzene rings is 1. The van der Waals surface area contributed by atoms with Crippen LogP contribution in [0.3, 0.4) is 0 Å². The standard InChI is InChI=1S/C18H28NO2/c1-5-7-13-19(14-8-6-2)16(4)21-18-11-9-17(10-12-18)15(3)20/h9-12,16H,3,5-8,13-14H2,1-2,4H3. The van der Waals surface area contributed by atoms with Crippen molar-refractivity contribution in [2.75, 3.05) is 13.1 Å². The maximum atomic E-state index is 11.2. The highest BCUT2D eigenvalue weighted by Gasteiger charge is 2.14. The molecule has 0 aliphatic heterocycles. The van der Waals surface area contributed by atoms with Crippen LogP contribution in [-0.2, 0) is 0 Å². The predicted octanol–water partition coefficient (Wildman–Crippen LogP) is 4.33. The third-order valence-corrected chi connectivity index (χ3v) is 3.59. The quantitative estimate of drug-likeness (QED) is 0.474. The van der Waals surface area contributed by atoms with Crippen LogP contribution in [0.15, 0.2) is 24.3 Å². The molecule has 1 unspecified atom stereocenters. The second kappa shape index (κ2) is 9.56. The highest BCUT2D eigenvalue weighted by atomic mass is 16.5. The Morgan fingerprint density at radius 3 is 2.10 bits per heavy atom. The van der Waals surface area contributed by atoms with Crippen molar-refractivity contribution in [3.05, 3.63) is 36.8 Å². The average Bonchev–Trinajstić information content (AvgIpc) is 2.47. The molecule has 0 N–H and O–H groups in total. The molecule has 1 rings (SSSR count). The van der Waals surface area contributed by atoms with Gasteiger partial charge >= 0.3 is 0 Å². The topological polar surface area (TPSA) is 29.5 Å². The first-order valence-electron chi connectivity index (χ1n) is 7.95. The second-order valence-electron chi connectivity index (χ2n) is 5.41. The highest BCUT2D eigenvalue weighted by Crippen LogP contribution is 2.16. The summed E-state index contributed by atoms with van der Waals surface area (Å²) in [5, 5.41) is 0. The molecule has 3 nitrogen and oxygen atoms in total. The Bertz CT molecular complexity index is 406. The molecule has 0 aromatic heterocycles. The molecule has 0 aliphatic carbocycles. The lowest BCUT2D eigenvalue weighted by molar-refractivity contribution is 0.0375. The van der Waals surface area contributed by atoms with Crippen LogP contribution in [-0.4, -0.2) is 30.0 Å². The Balaban J connectivity index is 2.61. The Morgan fingerprint density at radius 2 is 1.67 bits per heavy atom. The Hall–Kier alpha value is -1.35. The molecule has 3 heteroatoms. The smallest absolute Gasteiger partial charge is 0.163 e. The minimum atomic E-state index is -0.165. The van der Waals surface area contributed by atoms with Crippen LogP contribution in [0, 0.1) is 6.92 Å². The van der Waals surface area contributed by atoms with Crippen molar-refractivity contribution in [1.82, 2.24) is 4.90 Å². The SMILES string of the molecule is [CH2]C(=O)c1ccc(OC(C)N(CCCC)CCCC)cc1. The molecule has 0 heterocycles. The largest absolute Gasteiger partial charge is 0.475 e. The molecule has 1 radical (unpaired) electrons. The predicted molar refractivity (Wildman–Crippen MR) is 87.6 cm³/mol. The first-order valence-corrected chi connectivity index (χ1v) is 7.95. The fourth-order valence-corrected chi connectivity index (χ4v) is 2.19. The fraction of sp³-hybridized carbons (Fsp3) is 0.556. The van der Waals surface area contributed by atoms with Crippen LogP contribution in [0.5, 0.6) is 5.75 Å². The molecule has 0 spiro atoms. The Kier molecular flexibility index (Phi) is 8.06. The van der Waals surface area contributed by atoms with Gasteiger partial charge in [0.05, 0.1) is 0 Å². The monoisotopic (exact) mass is 290 g/mol. The van der Waals surface area contributed by atoms with E-state index in [1.54, 1.807) is 12.1 Å². The number of ether oxygens (including phenoxy) is 1. The summed E-state index contributed by atoms with van der Waals surface area (Å²) in [5.41, 5.74) is 0.615. The zero-order valence-corrected chi connectivity index (χ0v) is 13.6. The second-order valence-corrected chi connectivity index (χ2v) is 5.41. The minimum Gasteiger partial charge on any atom is -0.475 e. The van der Waals surface area contributed by atoms with Crippen molar-refractivity contribution in [3.63, 3.8) is 0 Å². The lowest BCUT2D eigenvalue weighted by Gasteiger charge is -2.29. The van der Waals surface area contributed by atoms with Gasteiger partial charge in [-0.05, 0) is 44.0 Å². The molecule has 21 heavy (non-hydrogen) atoms. The summed E-state index contributed by atoms with van der Waals surface area (Å²) in [6.07, 6.45) is 4.80. The van der Waals surface area contributed by atoms with E-state index in [1.165, 1.54) is 25.7 Å². The van der Waals surface area contributed by atoms with Gasteiger partial charge in [-0.25, -0.2) is 0 Å². The van der Waals surface area contributed by atoms with Crippen molar-refractivity contribution >= 4 is 5.78 Å². The van der Waals surface area contributed by atoms with E-state index in [9.17, 15) is 4.79 Å². The minimum absolute atomic E-state index is 0.0457. The summed E-state index contributed by atoms with van der Waals surface area (Å²) in [6, 6.07) is 7.21. The van der Waals surface area contributed by atoms with Gasteiger partial charge in [0.1, 0.15) is 12.0 Å². The van der Waals surface area contributed by atoms with Crippen LogP contribution < -0.4 is 4.74 Å². The summed E-state index contributed by atoms with van der Waals surface area (Å²) in [7, 11) is 0. The van der Waals surface area contributed by atoms with Crippen LogP contribution in [0.1, 0.15) is 56.8 Å². The molecular weight excluding hydrogens is 262 g/mol. The van der Waals surface area contributed by atoms with Gasteiger partial charge in [-0.15, -0.1) is 0 Å². The third-order valence-electron chi connectivity index (χ3n) is 3.59. The maximum absolute atomic E-state index is 11.2. The summed E-state index contributed by atoms with van der Waals surface area (Å²) in [6.45, 7) is 12.0. The Morgan fingerprint density at radius 1 is 1.14 bits per heavy atom. The van der Waals surface area contributed by atoms with E-state index in [0.29, 0.717) is 5.56 Å². The number of ketones is 1. The number of rotatable bonds is 10. The molecule has 0 bridgehead atoms. The number of hydrogen-bond donors (Lipinski definition) is 0.